The average molecular weight is 286 g/mol. The molecule has 0 spiro atoms. The van der Waals surface area contributed by atoms with Crippen LogP contribution >= 0.6 is 0 Å². The van der Waals surface area contributed by atoms with Crippen molar-refractivity contribution in [1.82, 2.24) is 9.47 Å². The Morgan fingerprint density at radius 3 is 2.38 bits per heavy atom. The Morgan fingerprint density at radius 2 is 1.76 bits per heavy atom. The summed E-state index contributed by atoms with van der Waals surface area (Å²) in [5.41, 5.74) is 1.43. The van der Waals surface area contributed by atoms with Crippen molar-refractivity contribution in [3.63, 3.8) is 0 Å². The molecule has 6 nitrogen and oxygen atoms in total. The first-order chi connectivity index (χ1) is 10.1. The van der Waals surface area contributed by atoms with Crippen LogP contribution in [0.15, 0.2) is 42.6 Å². The lowest BCUT2D eigenvalue weighted by atomic mass is 9.97. The summed E-state index contributed by atoms with van der Waals surface area (Å²) in [7, 11) is 0. The molecule has 2 N–H and O–H groups in total. The summed E-state index contributed by atoms with van der Waals surface area (Å²) in [5, 5.41) is 18.8. The van der Waals surface area contributed by atoms with Crippen molar-refractivity contribution < 1.29 is 19.8 Å². The molecule has 6 heteroatoms. The SMILES string of the molecule is O=C(O)c1ccn2c1C(c1ccccc1)N(C(=O)O)CC2. The molecule has 1 aromatic carbocycles. The minimum absolute atomic E-state index is 0.148. The lowest BCUT2D eigenvalue weighted by molar-refractivity contribution is 0.0688. The van der Waals surface area contributed by atoms with E-state index in [0.29, 0.717) is 18.8 Å². The number of carboxylic acids is 1. The van der Waals surface area contributed by atoms with Gasteiger partial charge in [-0.1, -0.05) is 30.3 Å². The lowest BCUT2D eigenvalue weighted by Crippen LogP contribution is -2.42. The molecule has 0 radical (unpaired) electrons. The number of aromatic nitrogens is 1. The van der Waals surface area contributed by atoms with Gasteiger partial charge in [-0.2, -0.15) is 0 Å². The van der Waals surface area contributed by atoms with Crippen LogP contribution in [0.1, 0.15) is 27.7 Å². The Labute approximate surface area is 120 Å². The van der Waals surface area contributed by atoms with Crippen molar-refractivity contribution in [2.45, 2.75) is 12.6 Å². The van der Waals surface area contributed by atoms with Gasteiger partial charge < -0.3 is 14.8 Å². The minimum atomic E-state index is -1.05. The Hall–Kier alpha value is -2.76. The average Bonchev–Trinajstić information content (AvgIpc) is 2.91. The number of rotatable bonds is 2. The third-order valence-electron chi connectivity index (χ3n) is 3.75. The monoisotopic (exact) mass is 286 g/mol. The fourth-order valence-electron chi connectivity index (χ4n) is 2.84. The van der Waals surface area contributed by atoms with E-state index in [1.165, 1.54) is 11.0 Å². The fraction of sp³-hybridized carbons (Fsp3) is 0.200. The number of hydrogen-bond acceptors (Lipinski definition) is 2. The Bertz CT molecular complexity index is 693. The first-order valence-electron chi connectivity index (χ1n) is 6.56. The maximum atomic E-state index is 11.5. The van der Waals surface area contributed by atoms with Crippen molar-refractivity contribution in [3.8, 4) is 0 Å². The molecule has 0 bridgehead atoms. The highest BCUT2D eigenvalue weighted by molar-refractivity contribution is 5.89. The number of aromatic carboxylic acids is 1. The van der Waals surface area contributed by atoms with Gasteiger partial charge in [-0.25, -0.2) is 9.59 Å². The highest BCUT2D eigenvalue weighted by Crippen LogP contribution is 2.34. The maximum absolute atomic E-state index is 11.5. The molecule has 3 rings (SSSR count). The van der Waals surface area contributed by atoms with Crippen LogP contribution in [0.4, 0.5) is 4.79 Å². The summed E-state index contributed by atoms with van der Waals surface area (Å²) in [6.07, 6.45) is 0.654. The van der Waals surface area contributed by atoms with Crippen LogP contribution in [0.5, 0.6) is 0 Å². The van der Waals surface area contributed by atoms with E-state index in [0.717, 1.165) is 5.56 Å². The molecule has 2 heterocycles. The van der Waals surface area contributed by atoms with Crippen molar-refractivity contribution in [2.75, 3.05) is 6.54 Å². The van der Waals surface area contributed by atoms with E-state index >= 15 is 0 Å². The van der Waals surface area contributed by atoms with Crippen LogP contribution in [-0.4, -0.2) is 38.3 Å². The number of amides is 1. The summed E-state index contributed by atoms with van der Waals surface area (Å²) in [6, 6.07) is 10.0. The predicted octanol–water partition coefficient (Wildman–Crippen LogP) is 2.27. The van der Waals surface area contributed by atoms with Gasteiger partial charge in [0.15, 0.2) is 0 Å². The van der Waals surface area contributed by atoms with Gasteiger partial charge in [-0.3, -0.25) is 4.90 Å². The third-order valence-corrected chi connectivity index (χ3v) is 3.75. The quantitative estimate of drug-likeness (QED) is 0.887. The molecule has 1 aliphatic rings. The number of carbonyl (C=O) groups is 2. The zero-order chi connectivity index (χ0) is 15.0. The van der Waals surface area contributed by atoms with Crippen LogP contribution in [0.25, 0.3) is 0 Å². The molecular formula is C15H14N2O4. The second kappa shape index (κ2) is 4.97. The van der Waals surface area contributed by atoms with Crippen LogP contribution < -0.4 is 0 Å². The van der Waals surface area contributed by atoms with E-state index in [2.05, 4.69) is 0 Å². The molecule has 1 amide bonds. The first kappa shape index (κ1) is 13.2. The van der Waals surface area contributed by atoms with Gasteiger partial charge >= 0.3 is 12.1 Å². The van der Waals surface area contributed by atoms with Crippen molar-refractivity contribution in [3.05, 3.63) is 59.4 Å². The first-order valence-corrected chi connectivity index (χ1v) is 6.56. The summed E-state index contributed by atoms with van der Waals surface area (Å²) in [4.78, 5) is 24.2. The third kappa shape index (κ3) is 2.14. The second-order valence-electron chi connectivity index (χ2n) is 4.90. The number of nitrogens with zero attached hydrogens (tertiary/aromatic N) is 2. The van der Waals surface area contributed by atoms with Gasteiger partial charge in [-0.05, 0) is 11.6 Å². The molecule has 108 valence electrons. The second-order valence-corrected chi connectivity index (χ2v) is 4.90. The molecule has 1 aliphatic heterocycles. The van der Waals surface area contributed by atoms with Gasteiger partial charge in [-0.15, -0.1) is 0 Å². The number of hydrogen-bond donors (Lipinski definition) is 2. The molecule has 1 atom stereocenters. The fourth-order valence-corrected chi connectivity index (χ4v) is 2.84. The van der Waals surface area contributed by atoms with Gasteiger partial charge in [0.1, 0.15) is 6.04 Å². The summed E-state index contributed by atoms with van der Waals surface area (Å²) in [5.74, 6) is -1.04. The Morgan fingerprint density at radius 1 is 1.05 bits per heavy atom. The number of benzene rings is 1. The van der Waals surface area contributed by atoms with Crippen LogP contribution in [-0.2, 0) is 6.54 Å². The van der Waals surface area contributed by atoms with E-state index in [1.54, 1.807) is 6.20 Å². The van der Waals surface area contributed by atoms with Gasteiger partial charge in [0.05, 0.1) is 11.3 Å². The van der Waals surface area contributed by atoms with Crippen LogP contribution in [0.3, 0.4) is 0 Å². The minimum Gasteiger partial charge on any atom is -0.478 e. The van der Waals surface area contributed by atoms with E-state index in [1.807, 2.05) is 34.9 Å². The highest BCUT2D eigenvalue weighted by atomic mass is 16.4. The largest absolute Gasteiger partial charge is 0.478 e. The highest BCUT2D eigenvalue weighted by Gasteiger charge is 2.35. The van der Waals surface area contributed by atoms with Crippen molar-refractivity contribution in [2.24, 2.45) is 0 Å². The van der Waals surface area contributed by atoms with Crippen molar-refractivity contribution >= 4 is 12.1 Å². The van der Waals surface area contributed by atoms with E-state index in [-0.39, 0.29) is 5.56 Å². The zero-order valence-corrected chi connectivity index (χ0v) is 11.1. The summed E-state index contributed by atoms with van der Waals surface area (Å²) < 4.78 is 1.82. The standard InChI is InChI=1S/C15H14N2O4/c18-14(19)11-6-7-16-8-9-17(15(20)21)12(13(11)16)10-4-2-1-3-5-10/h1-7,12H,8-9H2,(H,18,19)(H,20,21). The Balaban J connectivity index is 2.19. The summed E-state index contributed by atoms with van der Waals surface area (Å²) >= 11 is 0. The molecule has 2 aromatic rings. The van der Waals surface area contributed by atoms with Crippen molar-refractivity contribution in [1.29, 1.82) is 0 Å². The smallest absolute Gasteiger partial charge is 0.408 e. The van der Waals surface area contributed by atoms with Gasteiger partial charge in [0.2, 0.25) is 0 Å². The van der Waals surface area contributed by atoms with Gasteiger partial charge in [0, 0.05) is 19.3 Å². The molecule has 1 aromatic heterocycles. The topological polar surface area (TPSA) is 82.8 Å². The van der Waals surface area contributed by atoms with E-state index in [4.69, 9.17) is 0 Å². The molecule has 1 unspecified atom stereocenters. The normalized spacial score (nSPS) is 17.3. The Kier molecular flexibility index (Phi) is 3.13. The number of fused-ring (bicyclic) bond motifs is 1. The summed E-state index contributed by atoms with van der Waals surface area (Å²) in [6.45, 7) is 0.786. The molecule has 0 saturated heterocycles. The van der Waals surface area contributed by atoms with E-state index in [9.17, 15) is 19.8 Å². The molecule has 0 saturated carbocycles. The zero-order valence-electron chi connectivity index (χ0n) is 11.1. The van der Waals surface area contributed by atoms with Crippen LogP contribution in [0.2, 0.25) is 0 Å². The van der Waals surface area contributed by atoms with E-state index < -0.39 is 18.1 Å². The number of carboxylic acid groups (broad SMARTS) is 2. The molecule has 0 fully saturated rings. The molecule has 0 aliphatic carbocycles. The lowest BCUT2D eigenvalue weighted by Gasteiger charge is -2.35. The van der Waals surface area contributed by atoms with Crippen LogP contribution in [0, 0.1) is 0 Å². The molecular weight excluding hydrogens is 272 g/mol. The van der Waals surface area contributed by atoms with Gasteiger partial charge in [0.25, 0.3) is 0 Å². The predicted molar refractivity (Wildman–Crippen MR) is 74.4 cm³/mol. The maximum Gasteiger partial charge on any atom is 0.408 e. The molecule has 21 heavy (non-hydrogen) atoms.